The summed E-state index contributed by atoms with van der Waals surface area (Å²) in [4.78, 5) is 13.3. The van der Waals surface area contributed by atoms with Gasteiger partial charge in [0.2, 0.25) is 0 Å². The zero-order valence-electron chi connectivity index (χ0n) is 13.5. The van der Waals surface area contributed by atoms with E-state index in [9.17, 15) is 9.90 Å². The highest BCUT2D eigenvalue weighted by Crippen LogP contribution is 2.37. The van der Waals surface area contributed by atoms with Gasteiger partial charge in [-0.2, -0.15) is 0 Å². The summed E-state index contributed by atoms with van der Waals surface area (Å²) in [5, 5.41) is 9.78. The lowest BCUT2D eigenvalue weighted by Gasteiger charge is -2.39. The molecule has 0 aliphatic rings. The molecule has 0 fully saturated rings. The van der Waals surface area contributed by atoms with Gasteiger partial charge in [0.1, 0.15) is 11.8 Å². The van der Waals surface area contributed by atoms with E-state index in [-0.39, 0.29) is 0 Å². The summed E-state index contributed by atoms with van der Waals surface area (Å²) in [6.45, 7) is 5.56. The minimum absolute atomic E-state index is 0.347. The van der Waals surface area contributed by atoms with Crippen LogP contribution in [0.5, 0.6) is 5.95 Å². The fourth-order valence-electron chi connectivity index (χ4n) is 2.49. The Bertz CT molecular complexity index is 690. The second kappa shape index (κ2) is 6.66. The average Bonchev–Trinajstić information content (AvgIpc) is 2.91. The summed E-state index contributed by atoms with van der Waals surface area (Å²) in [6, 6.07) is 10.4. The molecule has 0 saturated carbocycles. The van der Waals surface area contributed by atoms with Gasteiger partial charge in [-0.25, -0.2) is 4.79 Å². The van der Waals surface area contributed by atoms with Crippen molar-refractivity contribution in [3.05, 3.63) is 52.2 Å². The minimum atomic E-state index is -1.02. The molecular weight excluding hydrogens is 362 g/mol. The molecule has 1 N–H and O–H groups in total. The maximum atomic E-state index is 11.9. The van der Waals surface area contributed by atoms with E-state index in [0.29, 0.717) is 11.7 Å². The Morgan fingerprint density at radius 3 is 2.48 bits per heavy atom. The van der Waals surface area contributed by atoms with Crippen molar-refractivity contribution in [2.75, 3.05) is 7.11 Å². The number of amides is 1. The predicted octanol–water partition coefficient (Wildman–Crippen LogP) is 4.92. The number of ether oxygens (including phenoxy) is 1. The van der Waals surface area contributed by atoms with Crippen molar-refractivity contribution in [1.82, 2.24) is 4.90 Å². The monoisotopic (exact) mass is 381 g/mol. The number of rotatable bonds is 4. The molecule has 0 aliphatic carbocycles. The molecule has 0 bridgehead atoms. The Morgan fingerprint density at radius 2 is 2.00 bits per heavy atom. The second-order valence-electron chi connectivity index (χ2n) is 6.14. The Hall–Kier alpha value is -1.95. The molecule has 2 rings (SSSR count). The first-order chi connectivity index (χ1) is 10.7. The van der Waals surface area contributed by atoms with E-state index in [1.807, 2.05) is 45.0 Å². The average molecular weight is 382 g/mol. The van der Waals surface area contributed by atoms with Gasteiger partial charge in [0.15, 0.2) is 0 Å². The fourth-order valence-corrected chi connectivity index (χ4v) is 2.91. The number of nitrogens with zero attached hydrogens (tertiary/aromatic N) is 1. The van der Waals surface area contributed by atoms with Gasteiger partial charge >= 0.3 is 6.09 Å². The maximum Gasteiger partial charge on any atom is 0.408 e. The van der Waals surface area contributed by atoms with Crippen LogP contribution in [0.25, 0.3) is 0 Å². The number of hydrogen-bond donors (Lipinski definition) is 1. The van der Waals surface area contributed by atoms with Crippen LogP contribution < -0.4 is 4.74 Å². The molecule has 1 amide bonds. The zero-order chi connectivity index (χ0) is 17.2. The van der Waals surface area contributed by atoms with Crippen LogP contribution in [0.1, 0.15) is 38.1 Å². The third-order valence-electron chi connectivity index (χ3n) is 3.42. The Kier molecular flexibility index (Phi) is 5.04. The quantitative estimate of drug-likeness (QED) is 0.816. The first kappa shape index (κ1) is 17.4. The Labute approximate surface area is 144 Å². The Morgan fingerprint density at radius 1 is 1.30 bits per heavy atom. The smallest absolute Gasteiger partial charge is 0.408 e. The summed E-state index contributed by atoms with van der Waals surface area (Å²) in [6.07, 6.45) is -1.02. The van der Waals surface area contributed by atoms with Crippen LogP contribution in [0, 0.1) is 0 Å². The van der Waals surface area contributed by atoms with E-state index >= 15 is 0 Å². The molecule has 5 nitrogen and oxygen atoms in total. The summed E-state index contributed by atoms with van der Waals surface area (Å²) < 4.78 is 11.6. The SMILES string of the molecule is COc1ccc(C(c2cccc(Br)c2)N(C(=O)O)C(C)(C)C)o1. The molecule has 6 heteroatoms. The molecule has 124 valence electrons. The Balaban J connectivity index is 2.61. The van der Waals surface area contributed by atoms with Crippen molar-refractivity contribution in [2.45, 2.75) is 32.4 Å². The number of hydrogen-bond acceptors (Lipinski definition) is 3. The minimum Gasteiger partial charge on any atom is -0.468 e. The van der Waals surface area contributed by atoms with Gasteiger partial charge in [-0.05, 0) is 44.5 Å². The first-order valence-electron chi connectivity index (χ1n) is 7.15. The van der Waals surface area contributed by atoms with Gasteiger partial charge in [0.05, 0.1) is 7.11 Å². The normalized spacial score (nSPS) is 12.7. The largest absolute Gasteiger partial charge is 0.468 e. The van der Waals surface area contributed by atoms with E-state index in [0.717, 1.165) is 10.0 Å². The first-order valence-corrected chi connectivity index (χ1v) is 7.95. The van der Waals surface area contributed by atoms with Crippen LogP contribution in [0.4, 0.5) is 4.79 Å². The molecule has 0 radical (unpaired) electrons. The summed E-state index contributed by atoms with van der Waals surface area (Å²) in [5.74, 6) is 0.858. The van der Waals surface area contributed by atoms with Gasteiger partial charge in [-0.1, -0.05) is 28.1 Å². The van der Waals surface area contributed by atoms with Crippen molar-refractivity contribution in [1.29, 1.82) is 0 Å². The number of halogens is 1. The van der Waals surface area contributed by atoms with E-state index < -0.39 is 17.7 Å². The molecule has 0 aliphatic heterocycles. The van der Waals surface area contributed by atoms with Crippen molar-refractivity contribution in [2.24, 2.45) is 0 Å². The van der Waals surface area contributed by atoms with Crippen molar-refractivity contribution in [3.8, 4) is 5.95 Å². The summed E-state index contributed by atoms with van der Waals surface area (Å²) in [7, 11) is 1.51. The van der Waals surface area contributed by atoms with Gasteiger partial charge in [0, 0.05) is 16.1 Å². The molecule has 2 aromatic rings. The molecule has 23 heavy (non-hydrogen) atoms. The highest BCUT2D eigenvalue weighted by Gasteiger charge is 2.37. The van der Waals surface area contributed by atoms with Crippen LogP contribution in [0.3, 0.4) is 0 Å². The van der Waals surface area contributed by atoms with Gasteiger partial charge in [-0.15, -0.1) is 0 Å². The van der Waals surface area contributed by atoms with E-state index in [2.05, 4.69) is 15.9 Å². The van der Waals surface area contributed by atoms with Crippen molar-refractivity contribution in [3.63, 3.8) is 0 Å². The lowest BCUT2D eigenvalue weighted by molar-refractivity contribution is 0.0734. The molecule has 1 atom stereocenters. The standard InChI is InChI=1S/C17H20BrNO4/c1-17(2,3)19(16(20)21)15(11-6-5-7-12(18)10-11)13-8-9-14(22-4)23-13/h5-10,15H,1-4H3,(H,20,21). The lowest BCUT2D eigenvalue weighted by Crippen LogP contribution is -2.47. The number of carbonyl (C=O) groups is 1. The summed E-state index contributed by atoms with van der Waals surface area (Å²) in [5.41, 5.74) is 0.201. The molecule has 1 aromatic heterocycles. The number of furan rings is 1. The lowest BCUT2D eigenvalue weighted by atomic mass is 9.97. The molecule has 0 spiro atoms. The van der Waals surface area contributed by atoms with Gasteiger partial charge in [0.25, 0.3) is 5.95 Å². The molecule has 1 aromatic carbocycles. The highest BCUT2D eigenvalue weighted by atomic mass is 79.9. The van der Waals surface area contributed by atoms with Crippen LogP contribution in [-0.4, -0.2) is 28.7 Å². The van der Waals surface area contributed by atoms with Gasteiger partial charge in [-0.3, -0.25) is 4.90 Å². The number of benzene rings is 1. The molecular formula is C17H20BrNO4. The summed E-state index contributed by atoms with van der Waals surface area (Å²) >= 11 is 3.44. The second-order valence-corrected chi connectivity index (χ2v) is 7.06. The van der Waals surface area contributed by atoms with Crippen molar-refractivity contribution >= 4 is 22.0 Å². The van der Waals surface area contributed by atoms with E-state index in [1.165, 1.54) is 12.0 Å². The van der Waals surface area contributed by atoms with Crippen LogP contribution in [0.2, 0.25) is 0 Å². The van der Waals surface area contributed by atoms with Crippen molar-refractivity contribution < 1.29 is 19.1 Å². The van der Waals surface area contributed by atoms with E-state index in [1.54, 1.807) is 12.1 Å². The predicted molar refractivity (Wildman–Crippen MR) is 90.9 cm³/mol. The van der Waals surface area contributed by atoms with E-state index in [4.69, 9.17) is 9.15 Å². The van der Waals surface area contributed by atoms with Crippen LogP contribution in [-0.2, 0) is 0 Å². The zero-order valence-corrected chi connectivity index (χ0v) is 15.1. The molecule has 0 saturated heterocycles. The highest BCUT2D eigenvalue weighted by molar-refractivity contribution is 9.10. The third-order valence-corrected chi connectivity index (χ3v) is 3.92. The fraction of sp³-hybridized carbons (Fsp3) is 0.353. The number of carboxylic acid groups (broad SMARTS) is 1. The molecule has 1 heterocycles. The van der Waals surface area contributed by atoms with Crippen LogP contribution >= 0.6 is 15.9 Å². The van der Waals surface area contributed by atoms with Gasteiger partial charge < -0.3 is 14.3 Å². The van der Waals surface area contributed by atoms with Crippen LogP contribution in [0.15, 0.2) is 45.3 Å². The molecule has 1 unspecified atom stereocenters. The topological polar surface area (TPSA) is 62.9 Å². The third kappa shape index (κ3) is 3.88. The maximum absolute atomic E-state index is 11.9. The number of methoxy groups -OCH3 is 1.